The molecule has 3 rings (SSSR count). The van der Waals surface area contributed by atoms with Crippen molar-refractivity contribution in [2.45, 2.75) is 39.0 Å². The van der Waals surface area contributed by atoms with Crippen molar-refractivity contribution in [2.24, 2.45) is 0 Å². The third-order valence-electron chi connectivity index (χ3n) is 4.16. The zero-order valence-corrected chi connectivity index (χ0v) is 15.0. The fraction of sp³-hybridized carbons (Fsp3) is 0.500. The van der Waals surface area contributed by atoms with E-state index >= 15 is 0 Å². The van der Waals surface area contributed by atoms with Crippen molar-refractivity contribution in [3.05, 3.63) is 45.9 Å². The molecule has 1 fully saturated rings. The highest BCUT2D eigenvalue weighted by Gasteiger charge is 2.26. The van der Waals surface area contributed by atoms with Crippen molar-refractivity contribution < 1.29 is 18.3 Å². The van der Waals surface area contributed by atoms with Crippen molar-refractivity contribution in [3.8, 4) is 5.75 Å². The van der Waals surface area contributed by atoms with Crippen LogP contribution in [0.5, 0.6) is 5.75 Å². The number of nitrogens with zero attached hydrogens (tertiary/aromatic N) is 2. The van der Waals surface area contributed by atoms with Crippen LogP contribution in [0, 0.1) is 6.92 Å². The van der Waals surface area contributed by atoms with E-state index in [1.807, 2.05) is 36.6 Å². The Bertz CT molecular complexity index is 663. The predicted octanol–water partition coefficient (Wildman–Crippen LogP) is 3.89. The van der Waals surface area contributed by atoms with Gasteiger partial charge in [-0.1, -0.05) is 12.1 Å². The van der Waals surface area contributed by atoms with E-state index in [1.54, 1.807) is 11.3 Å². The van der Waals surface area contributed by atoms with Gasteiger partial charge in [-0.2, -0.15) is 0 Å². The third-order valence-corrected chi connectivity index (χ3v) is 4.98. The summed E-state index contributed by atoms with van der Waals surface area (Å²) in [6, 6.07) is 7.57. The maximum absolute atomic E-state index is 12.7. The lowest BCUT2D eigenvalue weighted by Crippen LogP contribution is -2.45. The molecule has 1 aliphatic rings. The smallest absolute Gasteiger partial charge is 0.240 e. The Labute approximate surface area is 150 Å². The summed E-state index contributed by atoms with van der Waals surface area (Å²) in [7, 11) is 0. The summed E-state index contributed by atoms with van der Waals surface area (Å²) >= 11 is 1.61. The molecule has 0 N–H and O–H groups in total. The summed E-state index contributed by atoms with van der Waals surface area (Å²) in [5.74, 6) is 0.778. The van der Waals surface area contributed by atoms with Crippen molar-refractivity contribution in [3.63, 3.8) is 0 Å². The lowest BCUT2D eigenvalue weighted by Gasteiger charge is -2.35. The van der Waals surface area contributed by atoms with Crippen LogP contribution in [-0.4, -0.2) is 42.1 Å². The van der Waals surface area contributed by atoms with Gasteiger partial charge in [0.25, 0.3) is 0 Å². The monoisotopic (exact) mass is 368 g/mol. The molecule has 0 aliphatic carbocycles. The zero-order chi connectivity index (χ0) is 17.6. The van der Waals surface area contributed by atoms with Crippen molar-refractivity contribution >= 4 is 11.3 Å². The summed E-state index contributed by atoms with van der Waals surface area (Å²) in [6.07, 6.45) is -2.45. The maximum Gasteiger partial charge on any atom is 0.240 e. The first-order valence-electron chi connectivity index (χ1n) is 8.33. The second-order valence-corrected chi connectivity index (χ2v) is 7.18. The highest BCUT2D eigenvalue weighted by Crippen LogP contribution is 2.20. The Balaban J connectivity index is 1.54. The Morgan fingerprint density at radius 1 is 1.36 bits per heavy atom. The van der Waals surface area contributed by atoms with Gasteiger partial charge in [-0.15, -0.1) is 11.3 Å². The number of halogens is 2. The lowest BCUT2D eigenvalue weighted by atomic mass is 10.1. The summed E-state index contributed by atoms with van der Waals surface area (Å²) in [5.41, 5.74) is 2.01. The second kappa shape index (κ2) is 8.69. The first kappa shape index (κ1) is 18.2. The van der Waals surface area contributed by atoms with E-state index < -0.39 is 6.43 Å². The minimum absolute atomic E-state index is 0.145. The standard InChI is InChI=1S/C18H22F2N2O2S/c1-13-21-15(12-25-13)10-24-17-4-2-14(3-5-17)9-22-6-7-23-11-16(22)8-18(19)20/h2-5,12,16,18H,6-11H2,1H3. The number of hydrogen-bond donors (Lipinski definition) is 0. The number of aromatic nitrogens is 1. The number of aryl methyl sites for hydroxylation is 1. The molecule has 136 valence electrons. The molecule has 2 heterocycles. The van der Waals surface area contributed by atoms with E-state index in [0.29, 0.717) is 32.9 Å². The summed E-state index contributed by atoms with van der Waals surface area (Å²) < 4.78 is 36.5. The average molecular weight is 368 g/mol. The van der Waals surface area contributed by atoms with E-state index in [2.05, 4.69) is 9.88 Å². The molecule has 0 radical (unpaired) electrons. The van der Waals surface area contributed by atoms with Crippen LogP contribution in [0.2, 0.25) is 0 Å². The van der Waals surface area contributed by atoms with Crippen LogP contribution >= 0.6 is 11.3 Å². The van der Waals surface area contributed by atoms with Gasteiger partial charge in [0.2, 0.25) is 6.43 Å². The van der Waals surface area contributed by atoms with Crippen LogP contribution in [-0.2, 0) is 17.9 Å². The van der Waals surface area contributed by atoms with Crippen LogP contribution in [0.25, 0.3) is 0 Å². The van der Waals surface area contributed by atoms with Crippen molar-refractivity contribution in [1.29, 1.82) is 0 Å². The van der Waals surface area contributed by atoms with E-state index in [1.165, 1.54) is 0 Å². The summed E-state index contributed by atoms with van der Waals surface area (Å²) in [5, 5.41) is 3.02. The van der Waals surface area contributed by atoms with Gasteiger partial charge < -0.3 is 9.47 Å². The lowest BCUT2D eigenvalue weighted by molar-refractivity contribution is -0.0346. The molecule has 1 unspecified atom stereocenters. The van der Waals surface area contributed by atoms with E-state index in [9.17, 15) is 8.78 Å². The molecule has 1 aromatic heterocycles. The quantitative estimate of drug-likeness (QED) is 0.743. The van der Waals surface area contributed by atoms with Crippen LogP contribution in [0.3, 0.4) is 0 Å². The summed E-state index contributed by atoms with van der Waals surface area (Å²) in [6.45, 7) is 4.71. The minimum Gasteiger partial charge on any atom is -0.487 e. The Morgan fingerprint density at radius 2 is 2.16 bits per heavy atom. The van der Waals surface area contributed by atoms with E-state index in [4.69, 9.17) is 9.47 Å². The van der Waals surface area contributed by atoms with Gasteiger partial charge in [-0.05, 0) is 24.6 Å². The molecule has 7 heteroatoms. The number of thiazole rings is 1. The molecule has 2 aromatic rings. The molecule has 1 saturated heterocycles. The molecule has 0 saturated carbocycles. The maximum atomic E-state index is 12.7. The third kappa shape index (κ3) is 5.45. The first-order valence-corrected chi connectivity index (χ1v) is 9.21. The van der Waals surface area contributed by atoms with Gasteiger partial charge in [0.15, 0.2) is 0 Å². The first-order chi connectivity index (χ1) is 12.1. The summed E-state index contributed by atoms with van der Waals surface area (Å²) in [4.78, 5) is 6.44. The van der Waals surface area contributed by atoms with Crippen molar-refractivity contribution in [1.82, 2.24) is 9.88 Å². The Hall–Kier alpha value is -1.57. The fourth-order valence-corrected chi connectivity index (χ4v) is 3.47. The fourth-order valence-electron chi connectivity index (χ4n) is 2.88. The van der Waals surface area contributed by atoms with Gasteiger partial charge >= 0.3 is 0 Å². The van der Waals surface area contributed by atoms with Crippen LogP contribution in [0.1, 0.15) is 22.7 Å². The number of alkyl halides is 2. The van der Waals surface area contributed by atoms with Gasteiger partial charge in [-0.3, -0.25) is 4.90 Å². The highest BCUT2D eigenvalue weighted by atomic mass is 32.1. The normalized spacial score (nSPS) is 18.6. The van der Waals surface area contributed by atoms with Crippen LogP contribution in [0.4, 0.5) is 8.78 Å². The SMILES string of the molecule is Cc1nc(COc2ccc(CN3CCOCC3CC(F)F)cc2)cs1. The highest BCUT2D eigenvalue weighted by molar-refractivity contribution is 7.09. The van der Waals surface area contributed by atoms with Gasteiger partial charge in [0, 0.05) is 30.9 Å². The van der Waals surface area contributed by atoms with Gasteiger partial charge in [0.1, 0.15) is 12.4 Å². The largest absolute Gasteiger partial charge is 0.487 e. The molecule has 25 heavy (non-hydrogen) atoms. The second-order valence-electron chi connectivity index (χ2n) is 6.12. The molecule has 4 nitrogen and oxygen atoms in total. The number of morpholine rings is 1. The number of hydrogen-bond acceptors (Lipinski definition) is 5. The molecule has 1 aliphatic heterocycles. The van der Waals surface area contributed by atoms with Gasteiger partial charge in [0.05, 0.1) is 23.9 Å². The number of benzene rings is 1. The van der Waals surface area contributed by atoms with E-state index in [0.717, 1.165) is 22.0 Å². The molecule has 0 spiro atoms. The molecular weight excluding hydrogens is 346 g/mol. The van der Waals surface area contributed by atoms with E-state index in [-0.39, 0.29) is 12.5 Å². The molecule has 0 bridgehead atoms. The Morgan fingerprint density at radius 3 is 2.84 bits per heavy atom. The number of rotatable bonds is 7. The predicted molar refractivity (Wildman–Crippen MR) is 93.3 cm³/mol. The topological polar surface area (TPSA) is 34.6 Å². The van der Waals surface area contributed by atoms with Gasteiger partial charge in [-0.25, -0.2) is 13.8 Å². The minimum atomic E-state index is -2.31. The van der Waals surface area contributed by atoms with Crippen LogP contribution < -0.4 is 4.74 Å². The molecular formula is C18H22F2N2O2S. The molecule has 1 aromatic carbocycles. The number of ether oxygens (including phenoxy) is 2. The molecule has 1 atom stereocenters. The van der Waals surface area contributed by atoms with Crippen LogP contribution in [0.15, 0.2) is 29.6 Å². The average Bonchev–Trinajstić information content (AvgIpc) is 3.01. The van der Waals surface area contributed by atoms with Crippen molar-refractivity contribution in [2.75, 3.05) is 19.8 Å². The molecule has 0 amide bonds. The zero-order valence-electron chi connectivity index (χ0n) is 14.2. The Kier molecular flexibility index (Phi) is 6.34.